The molecular weight excluding hydrogens is 217 g/mol. The van der Waals surface area contributed by atoms with E-state index < -0.39 is 12.0 Å². The zero-order valence-electron chi connectivity index (χ0n) is 6.88. The summed E-state index contributed by atoms with van der Waals surface area (Å²) in [6.45, 7) is 0. The Bertz CT molecular complexity index is 277. The predicted octanol–water partition coefficient (Wildman–Crippen LogP) is 0.348. The normalized spacial score (nSPS) is 10.9. The van der Waals surface area contributed by atoms with Crippen molar-refractivity contribution in [2.75, 3.05) is 0 Å². The first kappa shape index (κ1) is 14.7. The quantitative estimate of drug-likeness (QED) is 0.765. The van der Waals surface area contributed by atoms with Crippen LogP contribution in [0.15, 0.2) is 12.3 Å². The molecule has 0 saturated carbocycles. The van der Waals surface area contributed by atoms with E-state index in [-0.39, 0.29) is 24.8 Å². The molecule has 7 heteroatoms. The minimum atomic E-state index is -1.05. The van der Waals surface area contributed by atoms with E-state index >= 15 is 0 Å². The fourth-order valence-electron chi connectivity index (χ4n) is 0.816. The molecule has 0 saturated heterocycles. The van der Waals surface area contributed by atoms with Gasteiger partial charge in [0.05, 0.1) is 5.69 Å². The molecule has 76 valence electrons. The zero-order valence-corrected chi connectivity index (χ0v) is 8.51. The van der Waals surface area contributed by atoms with Gasteiger partial charge in [0.2, 0.25) is 0 Å². The Morgan fingerprint density at radius 2 is 2.23 bits per heavy atom. The number of hydrogen-bond donors (Lipinski definition) is 2. The third-order valence-corrected chi connectivity index (χ3v) is 1.44. The van der Waals surface area contributed by atoms with E-state index in [1.807, 2.05) is 0 Å². The van der Waals surface area contributed by atoms with Crippen LogP contribution in [-0.4, -0.2) is 20.9 Å². The van der Waals surface area contributed by atoms with Crippen molar-refractivity contribution in [2.45, 2.75) is 6.04 Å². The highest BCUT2D eigenvalue weighted by Gasteiger charge is 2.16. The summed E-state index contributed by atoms with van der Waals surface area (Å²) in [5, 5.41) is 12.3. The van der Waals surface area contributed by atoms with Crippen molar-refractivity contribution in [2.24, 2.45) is 12.8 Å². The zero-order chi connectivity index (χ0) is 8.43. The lowest BCUT2D eigenvalue weighted by atomic mass is 10.2. The molecule has 0 fully saturated rings. The second-order valence-corrected chi connectivity index (χ2v) is 2.20. The number of carboxylic acids is 1. The van der Waals surface area contributed by atoms with Crippen molar-refractivity contribution in [3.05, 3.63) is 18.0 Å². The Labute approximate surface area is 87.7 Å². The topological polar surface area (TPSA) is 81.1 Å². The standard InChI is InChI=1S/C6H9N3O2.2ClH/c1-9-4(2-3-8-9)5(7)6(10)11;;/h2-3,5H,7H2,1H3,(H,10,11);2*1H. The smallest absolute Gasteiger partial charge is 0.326 e. The Hall–Kier alpha value is -0.780. The van der Waals surface area contributed by atoms with Gasteiger partial charge in [-0.1, -0.05) is 0 Å². The minimum absolute atomic E-state index is 0. The summed E-state index contributed by atoms with van der Waals surface area (Å²) in [7, 11) is 1.65. The fraction of sp³-hybridized carbons (Fsp3) is 0.333. The number of halogens is 2. The lowest BCUT2D eigenvalue weighted by Gasteiger charge is -2.05. The highest BCUT2D eigenvalue weighted by molar-refractivity contribution is 5.85. The predicted molar refractivity (Wildman–Crippen MR) is 52.3 cm³/mol. The number of carbonyl (C=O) groups is 1. The Morgan fingerprint density at radius 3 is 2.54 bits per heavy atom. The van der Waals surface area contributed by atoms with Gasteiger partial charge in [-0.25, -0.2) is 0 Å². The molecular formula is C6H11Cl2N3O2. The average Bonchev–Trinajstić information content (AvgIpc) is 2.33. The van der Waals surface area contributed by atoms with Crippen molar-refractivity contribution in [3.8, 4) is 0 Å². The molecule has 1 heterocycles. The number of aromatic nitrogens is 2. The largest absolute Gasteiger partial charge is 0.480 e. The van der Waals surface area contributed by atoms with Gasteiger partial charge in [0.15, 0.2) is 0 Å². The molecule has 5 nitrogen and oxygen atoms in total. The molecule has 0 amide bonds. The van der Waals surface area contributed by atoms with Crippen LogP contribution in [0.3, 0.4) is 0 Å². The molecule has 0 aliphatic rings. The number of nitrogens with zero attached hydrogens (tertiary/aromatic N) is 2. The number of aliphatic carboxylic acids is 1. The van der Waals surface area contributed by atoms with Gasteiger partial charge < -0.3 is 10.8 Å². The highest BCUT2D eigenvalue weighted by atomic mass is 35.5. The van der Waals surface area contributed by atoms with E-state index in [0.29, 0.717) is 5.69 Å². The summed E-state index contributed by atoms with van der Waals surface area (Å²) in [6, 6.07) is 0.598. The monoisotopic (exact) mass is 227 g/mol. The number of aryl methyl sites for hydroxylation is 1. The van der Waals surface area contributed by atoms with Crippen LogP contribution in [0.1, 0.15) is 11.7 Å². The first-order valence-corrected chi connectivity index (χ1v) is 3.09. The van der Waals surface area contributed by atoms with Gasteiger partial charge in [-0.15, -0.1) is 24.8 Å². The molecule has 1 unspecified atom stereocenters. The molecule has 0 bridgehead atoms. The maximum atomic E-state index is 10.4. The van der Waals surface area contributed by atoms with Crippen LogP contribution in [0.2, 0.25) is 0 Å². The second kappa shape index (κ2) is 5.80. The summed E-state index contributed by atoms with van der Waals surface area (Å²) in [5.74, 6) is -1.05. The van der Waals surface area contributed by atoms with Crippen LogP contribution in [0.5, 0.6) is 0 Å². The summed E-state index contributed by atoms with van der Waals surface area (Å²) in [5.41, 5.74) is 5.82. The minimum Gasteiger partial charge on any atom is -0.480 e. The van der Waals surface area contributed by atoms with E-state index in [9.17, 15) is 4.79 Å². The van der Waals surface area contributed by atoms with Gasteiger partial charge in [-0.2, -0.15) is 5.10 Å². The van der Waals surface area contributed by atoms with E-state index in [1.165, 1.54) is 10.9 Å². The SMILES string of the molecule is Cl.Cl.Cn1nccc1C(N)C(=O)O. The third kappa shape index (κ3) is 3.22. The lowest BCUT2D eigenvalue weighted by Crippen LogP contribution is -2.23. The Balaban J connectivity index is 0. The first-order valence-electron chi connectivity index (χ1n) is 3.09. The van der Waals surface area contributed by atoms with Gasteiger partial charge in [0.1, 0.15) is 6.04 Å². The van der Waals surface area contributed by atoms with Crippen LogP contribution >= 0.6 is 24.8 Å². The first-order chi connectivity index (χ1) is 5.13. The van der Waals surface area contributed by atoms with Gasteiger partial charge in [0.25, 0.3) is 0 Å². The van der Waals surface area contributed by atoms with Crippen molar-refractivity contribution in [1.82, 2.24) is 9.78 Å². The van der Waals surface area contributed by atoms with Gasteiger partial charge >= 0.3 is 5.97 Å². The molecule has 1 aromatic rings. The molecule has 0 radical (unpaired) electrons. The number of rotatable bonds is 2. The number of hydrogen-bond acceptors (Lipinski definition) is 3. The van der Waals surface area contributed by atoms with E-state index in [2.05, 4.69) is 5.10 Å². The van der Waals surface area contributed by atoms with Crippen LogP contribution in [0, 0.1) is 0 Å². The molecule has 3 N–H and O–H groups in total. The van der Waals surface area contributed by atoms with Gasteiger partial charge in [0, 0.05) is 13.2 Å². The lowest BCUT2D eigenvalue weighted by molar-refractivity contribution is -0.138. The molecule has 0 spiro atoms. The second-order valence-electron chi connectivity index (χ2n) is 2.20. The maximum Gasteiger partial charge on any atom is 0.326 e. The van der Waals surface area contributed by atoms with Crippen LogP contribution in [0.25, 0.3) is 0 Å². The van der Waals surface area contributed by atoms with Crippen LogP contribution < -0.4 is 5.73 Å². The van der Waals surface area contributed by atoms with Crippen molar-refractivity contribution >= 4 is 30.8 Å². The van der Waals surface area contributed by atoms with E-state index in [1.54, 1.807) is 13.1 Å². The number of carboxylic acid groups (broad SMARTS) is 1. The highest BCUT2D eigenvalue weighted by Crippen LogP contribution is 2.07. The molecule has 1 atom stereocenters. The third-order valence-electron chi connectivity index (χ3n) is 1.44. The number of nitrogens with two attached hydrogens (primary N) is 1. The molecule has 0 aliphatic heterocycles. The molecule has 1 aromatic heterocycles. The molecule has 0 aromatic carbocycles. The summed E-state index contributed by atoms with van der Waals surface area (Å²) in [4.78, 5) is 10.4. The van der Waals surface area contributed by atoms with Gasteiger partial charge in [-0.05, 0) is 6.07 Å². The summed E-state index contributed by atoms with van der Waals surface area (Å²) >= 11 is 0. The summed E-state index contributed by atoms with van der Waals surface area (Å²) < 4.78 is 1.44. The molecule has 13 heavy (non-hydrogen) atoms. The molecule has 0 aliphatic carbocycles. The van der Waals surface area contributed by atoms with E-state index in [4.69, 9.17) is 10.8 Å². The van der Waals surface area contributed by atoms with Crippen molar-refractivity contribution in [1.29, 1.82) is 0 Å². The van der Waals surface area contributed by atoms with Crippen molar-refractivity contribution in [3.63, 3.8) is 0 Å². The van der Waals surface area contributed by atoms with E-state index in [0.717, 1.165) is 0 Å². The molecule has 1 rings (SSSR count). The maximum absolute atomic E-state index is 10.4. The van der Waals surface area contributed by atoms with Gasteiger partial charge in [-0.3, -0.25) is 9.48 Å². The summed E-state index contributed by atoms with van der Waals surface area (Å²) in [6.07, 6.45) is 1.51. The van der Waals surface area contributed by atoms with Crippen LogP contribution in [0.4, 0.5) is 0 Å². The average molecular weight is 228 g/mol. The Morgan fingerprint density at radius 1 is 1.69 bits per heavy atom. The Kier molecular flexibility index (Phi) is 6.57. The van der Waals surface area contributed by atoms with Crippen LogP contribution in [-0.2, 0) is 11.8 Å². The van der Waals surface area contributed by atoms with Crippen molar-refractivity contribution < 1.29 is 9.90 Å². The fourth-order valence-corrected chi connectivity index (χ4v) is 0.816.